The van der Waals surface area contributed by atoms with Crippen LogP contribution in [0.25, 0.3) is 0 Å². The van der Waals surface area contributed by atoms with Gasteiger partial charge >= 0.3 is 0 Å². The lowest BCUT2D eigenvalue weighted by atomic mass is 10.1. The molecule has 90 valence electrons. The third-order valence-electron chi connectivity index (χ3n) is 2.81. The van der Waals surface area contributed by atoms with E-state index in [0.29, 0.717) is 0 Å². The average Bonchev–Trinajstić information content (AvgIpc) is 2.46. The van der Waals surface area contributed by atoms with Crippen LogP contribution in [0, 0.1) is 11.8 Å². The highest BCUT2D eigenvalue weighted by Gasteiger charge is 1.95. The molecule has 0 aliphatic rings. The Morgan fingerprint density at radius 2 is 1.67 bits per heavy atom. The molecule has 1 heteroatoms. The predicted octanol–water partition coefficient (Wildman–Crippen LogP) is 4.37. The highest BCUT2D eigenvalue weighted by Crippen LogP contribution is 2.18. The van der Waals surface area contributed by atoms with Crippen LogP contribution in [0.5, 0.6) is 0 Å². The van der Waals surface area contributed by atoms with Crippen molar-refractivity contribution in [2.75, 3.05) is 6.26 Å². The van der Waals surface area contributed by atoms with E-state index in [1.165, 1.54) is 10.5 Å². The van der Waals surface area contributed by atoms with Gasteiger partial charge in [0.1, 0.15) is 0 Å². The summed E-state index contributed by atoms with van der Waals surface area (Å²) in [6.45, 7) is 2.16. The Bertz CT molecular complexity index is 571. The van der Waals surface area contributed by atoms with Crippen molar-refractivity contribution in [2.45, 2.75) is 18.2 Å². The van der Waals surface area contributed by atoms with Crippen molar-refractivity contribution in [3.05, 3.63) is 65.2 Å². The van der Waals surface area contributed by atoms with Crippen molar-refractivity contribution in [3.63, 3.8) is 0 Å². The second-order valence-corrected chi connectivity index (χ2v) is 4.85. The van der Waals surface area contributed by atoms with E-state index >= 15 is 0 Å². The quantitative estimate of drug-likeness (QED) is 0.565. The molecule has 0 nitrogen and oxygen atoms in total. The van der Waals surface area contributed by atoms with E-state index in [-0.39, 0.29) is 0 Å². The van der Waals surface area contributed by atoms with Gasteiger partial charge in [0, 0.05) is 16.0 Å². The summed E-state index contributed by atoms with van der Waals surface area (Å²) in [4.78, 5) is 1.23. The van der Waals surface area contributed by atoms with Gasteiger partial charge in [0.25, 0.3) is 0 Å². The smallest absolute Gasteiger partial charge is 0.0384 e. The van der Waals surface area contributed by atoms with E-state index in [1.54, 1.807) is 11.8 Å². The van der Waals surface area contributed by atoms with Gasteiger partial charge in [-0.1, -0.05) is 43.0 Å². The largest absolute Gasteiger partial charge is 0.128 e. The molecular formula is C17H16S. The SMILES string of the molecule is CCc1ccc(C#Cc2ccccc2SC)cc1. The van der Waals surface area contributed by atoms with Crippen LogP contribution >= 0.6 is 11.8 Å². The lowest BCUT2D eigenvalue weighted by molar-refractivity contribution is 1.14. The van der Waals surface area contributed by atoms with E-state index < -0.39 is 0 Å². The van der Waals surface area contributed by atoms with Crippen molar-refractivity contribution in [2.24, 2.45) is 0 Å². The Hall–Kier alpha value is -1.65. The average molecular weight is 252 g/mol. The fraction of sp³-hybridized carbons (Fsp3) is 0.176. The van der Waals surface area contributed by atoms with Crippen LogP contribution in [-0.2, 0) is 6.42 Å². The maximum Gasteiger partial charge on any atom is 0.0384 e. The zero-order valence-corrected chi connectivity index (χ0v) is 11.6. The number of thioether (sulfide) groups is 1. The zero-order valence-electron chi connectivity index (χ0n) is 10.7. The summed E-state index contributed by atoms with van der Waals surface area (Å²) in [7, 11) is 0. The molecule has 0 aromatic heterocycles. The lowest BCUT2D eigenvalue weighted by Crippen LogP contribution is -1.82. The molecule has 0 heterocycles. The molecule has 0 aliphatic heterocycles. The molecule has 0 spiro atoms. The van der Waals surface area contributed by atoms with Gasteiger partial charge in [-0.05, 0) is 42.5 Å². The van der Waals surface area contributed by atoms with Gasteiger partial charge in [-0.15, -0.1) is 11.8 Å². The first-order chi connectivity index (χ1) is 8.83. The summed E-state index contributed by atoms with van der Waals surface area (Å²) < 4.78 is 0. The van der Waals surface area contributed by atoms with Gasteiger partial charge in [0.05, 0.1) is 0 Å². The van der Waals surface area contributed by atoms with Crippen molar-refractivity contribution in [1.29, 1.82) is 0 Å². The standard InChI is InChI=1S/C17H16S/c1-3-14-8-10-15(11-9-14)12-13-16-6-4-5-7-17(16)18-2/h4-11H,3H2,1-2H3. The minimum atomic E-state index is 1.07. The number of rotatable bonds is 2. The lowest BCUT2D eigenvalue weighted by Gasteiger charge is -1.99. The van der Waals surface area contributed by atoms with Gasteiger partial charge in [0.2, 0.25) is 0 Å². The van der Waals surface area contributed by atoms with Crippen LogP contribution in [0.1, 0.15) is 23.6 Å². The van der Waals surface area contributed by atoms with Crippen molar-refractivity contribution < 1.29 is 0 Å². The monoisotopic (exact) mass is 252 g/mol. The molecule has 2 aromatic carbocycles. The molecular weight excluding hydrogens is 236 g/mol. The van der Waals surface area contributed by atoms with Crippen LogP contribution in [-0.4, -0.2) is 6.26 Å². The van der Waals surface area contributed by atoms with Crippen LogP contribution in [0.3, 0.4) is 0 Å². The van der Waals surface area contributed by atoms with E-state index in [1.807, 2.05) is 12.1 Å². The minimum absolute atomic E-state index is 1.07. The molecule has 18 heavy (non-hydrogen) atoms. The molecule has 0 atom stereocenters. The van der Waals surface area contributed by atoms with Gasteiger partial charge in [0.15, 0.2) is 0 Å². The number of aryl methyl sites for hydroxylation is 1. The topological polar surface area (TPSA) is 0 Å². The predicted molar refractivity (Wildman–Crippen MR) is 80.0 cm³/mol. The summed E-state index contributed by atoms with van der Waals surface area (Å²) >= 11 is 1.73. The highest BCUT2D eigenvalue weighted by atomic mass is 32.2. The number of hydrogen-bond donors (Lipinski definition) is 0. The molecule has 0 saturated heterocycles. The summed E-state index contributed by atoms with van der Waals surface area (Å²) in [6, 6.07) is 16.7. The van der Waals surface area contributed by atoms with Crippen LogP contribution in [0.4, 0.5) is 0 Å². The van der Waals surface area contributed by atoms with Crippen LogP contribution < -0.4 is 0 Å². The molecule has 0 radical (unpaired) electrons. The normalized spacial score (nSPS) is 9.67. The van der Waals surface area contributed by atoms with Crippen molar-refractivity contribution in [3.8, 4) is 11.8 Å². The molecule has 0 fully saturated rings. The van der Waals surface area contributed by atoms with Gasteiger partial charge in [-0.25, -0.2) is 0 Å². The van der Waals surface area contributed by atoms with E-state index in [4.69, 9.17) is 0 Å². The first-order valence-corrected chi connectivity index (χ1v) is 7.30. The van der Waals surface area contributed by atoms with E-state index in [2.05, 4.69) is 61.4 Å². The molecule has 0 unspecified atom stereocenters. The Kier molecular flexibility index (Phi) is 4.50. The minimum Gasteiger partial charge on any atom is -0.128 e. The second kappa shape index (κ2) is 6.33. The molecule has 2 rings (SSSR count). The Balaban J connectivity index is 2.25. The van der Waals surface area contributed by atoms with Gasteiger partial charge in [-0.3, -0.25) is 0 Å². The fourth-order valence-electron chi connectivity index (χ4n) is 1.71. The first-order valence-electron chi connectivity index (χ1n) is 6.07. The van der Waals surface area contributed by atoms with Crippen molar-refractivity contribution >= 4 is 11.8 Å². The first kappa shape index (κ1) is 12.8. The number of benzene rings is 2. The fourth-order valence-corrected chi connectivity index (χ4v) is 2.26. The van der Waals surface area contributed by atoms with Crippen LogP contribution in [0.2, 0.25) is 0 Å². The summed E-state index contributed by atoms with van der Waals surface area (Å²) in [5.41, 5.74) is 3.53. The molecule has 0 bridgehead atoms. The Morgan fingerprint density at radius 3 is 2.33 bits per heavy atom. The molecule has 0 amide bonds. The summed E-state index contributed by atoms with van der Waals surface area (Å²) in [6.07, 6.45) is 3.15. The zero-order chi connectivity index (χ0) is 12.8. The highest BCUT2D eigenvalue weighted by molar-refractivity contribution is 7.98. The second-order valence-electron chi connectivity index (χ2n) is 4.00. The molecule has 2 aromatic rings. The summed E-state index contributed by atoms with van der Waals surface area (Å²) in [5, 5.41) is 0. The third-order valence-corrected chi connectivity index (χ3v) is 3.61. The van der Waals surface area contributed by atoms with E-state index in [9.17, 15) is 0 Å². The summed E-state index contributed by atoms with van der Waals surface area (Å²) in [5.74, 6) is 6.47. The maximum atomic E-state index is 3.25. The molecule has 0 N–H and O–H groups in total. The third kappa shape index (κ3) is 3.18. The van der Waals surface area contributed by atoms with E-state index in [0.717, 1.165) is 17.5 Å². The van der Waals surface area contributed by atoms with Gasteiger partial charge in [-0.2, -0.15) is 0 Å². The Labute approximate surface area is 113 Å². The van der Waals surface area contributed by atoms with Crippen LogP contribution in [0.15, 0.2) is 53.4 Å². The molecule has 0 saturated carbocycles. The van der Waals surface area contributed by atoms with Gasteiger partial charge < -0.3 is 0 Å². The number of hydrogen-bond acceptors (Lipinski definition) is 1. The van der Waals surface area contributed by atoms with Crippen molar-refractivity contribution in [1.82, 2.24) is 0 Å². The maximum absolute atomic E-state index is 3.25. The Morgan fingerprint density at radius 1 is 0.944 bits per heavy atom. The molecule has 0 aliphatic carbocycles.